The number of likely N-dealkylation sites (tertiary alicyclic amines) is 1. The molecule has 6 heteroatoms. The minimum absolute atomic E-state index is 0.552. The van der Waals surface area contributed by atoms with Crippen molar-refractivity contribution < 1.29 is 9.90 Å². The van der Waals surface area contributed by atoms with Crippen LogP contribution in [0.15, 0.2) is 12.4 Å². The Labute approximate surface area is 137 Å². The molecule has 2 aliphatic rings. The summed E-state index contributed by atoms with van der Waals surface area (Å²) < 4.78 is 0. The van der Waals surface area contributed by atoms with Gasteiger partial charge in [0.2, 0.25) is 5.95 Å². The molecule has 0 spiro atoms. The van der Waals surface area contributed by atoms with Crippen molar-refractivity contribution in [3.8, 4) is 0 Å². The molecule has 0 amide bonds. The molecule has 1 saturated heterocycles. The first-order valence-electron chi connectivity index (χ1n) is 8.42. The molecule has 2 fully saturated rings. The van der Waals surface area contributed by atoms with E-state index in [4.69, 9.17) is 0 Å². The summed E-state index contributed by atoms with van der Waals surface area (Å²) in [4.78, 5) is 24.7. The molecule has 1 aliphatic carbocycles. The molecule has 1 aromatic heterocycles. The molecule has 1 aliphatic heterocycles. The predicted octanol–water partition coefficient (Wildman–Crippen LogP) is 2.01. The molecule has 3 rings (SSSR count). The topological polar surface area (TPSA) is 69.6 Å². The lowest BCUT2D eigenvalue weighted by molar-refractivity contribution is -0.153. The fourth-order valence-corrected chi connectivity index (χ4v) is 3.58. The van der Waals surface area contributed by atoms with Gasteiger partial charge in [0.05, 0.1) is 5.41 Å². The van der Waals surface area contributed by atoms with Crippen molar-refractivity contribution in [1.29, 1.82) is 0 Å². The number of hydrogen-bond donors (Lipinski definition) is 1. The zero-order valence-corrected chi connectivity index (χ0v) is 14.0. The number of anilines is 1. The number of aromatic nitrogens is 2. The van der Waals surface area contributed by atoms with Crippen molar-refractivity contribution in [3.63, 3.8) is 0 Å². The van der Waals surface area contributed by atoms with Gasteiger partial charge in [-0.1, -0.05) is 12.8 Å². The van der Waals surface area contributed by atoms with Crippen LogP contribution in [0.3, 0.4) is 0 Å². The van der Waals surface area contributed by atoms with Crippen molar-refractivity contribution in [3.05, 3.63) is 18.0 Å². The highest BCUT2D eigenvalue weighted by Gasteiger charge is 2.45. The second kappa shape index (κ2) is 6.43. The number of carbonyl (C=O) groups is 1. The van der Waals surface area contributed by atoms with Gasteiger partial charge in [0.25, 0.3) is 0 Å². The van der Waals surface area contributed by atoms with Crippen LogP contribution in [0, 0.1) is 11.3 Å². The number of piperidine rings is 1. The number of hydrogen-bond acceptors (Lipinski definition) is 5. The highest BCUT2D eigenvalue weighted by atomic mass is 16.4. The van der Waals surface area contributed by atoms with E-state index in [-0.39, 0.29) is 0 Å². The molecule has 126 valence electrons. The Morgan fingerprint density at radius 1 is 1.39 bits per heavy atom. The van der Waals surface area contributed by atoms with Crippen LogP contribution in [0.1, 0.15) is 37.7 Å². The van der Waals surface area contributed by atoms with Crippen LogP contribution in [0.25, 0.3) is 0 Å². The van der Waals surface area contributed by atoms with E-state index in [2.05, 4.69) is 14.9 Å². The fourth-order valence-electron chi connectivity index (χ4n) is 3.58. The summed E-state index contributed by atoms with van der Waals surface area (Å²) in [5.74, 6) is 0.711. The smallest absolute Gasteiger partial charge is 0.310 e. The van der Waals surface area contributed by atoms with E-state index in [1.165, 1.54) is 12.8 Å². The lowest BCUT2D eigenvalue weighted by Gasteiger charge is -2.40. The van der Waals surface area contributed by atoms with Gasteiger partial charge in [0.1, 0.15) is 0 Å². The first-order valence-corrected chi connectivity index (χ1v) is 8.42. The van der Waals surface area contributed by atoms with Crippen LogP contribution >= 0.6 is 0 Å². The van der Waals surface area contributed by atoms with Crippen LogP contribution in [-0.4, -0.2) is 53.1 Å². The van der Waals surface area contributed by atoms with Gasteiger partial charge in [-0.25, -0.2) is 9.97 Å². The summed E-state index contributed by atoms with van der Waals surface area (Å²) in [6.45, 7) is 2.33. The normalized spacial score (nSPS) is 25.3. The molecule has 1 N–H and O–H groups in total. The van der Waals surface area contributed by atoms with E-state index in [1.54, 1.807) is 0 Å². The number of rotatable bonds is 6. The Morgan fingerprint density at radius 2 is 2.09 bits per heavy atom. The molecule has 1 aromatic rings. The molecule has 1 saturated carbocycles. The van der Waals surface area contributed by atoms with Crippen molar-refractivity contribution in [2.75, 3.05) is 32.1 Å². The summed E-state index contributed by atoms with van der Waals surface area (Å²) in [7, 11) is 3.83. The molecule has 0 radical (unpaired) electrons. The fraction of sp³-hybridized carbons (Fsp3) is 0.706. The van der Waals surface area contributed by atoms with Crippen molar-refractivity contribution >= 4 is 11.9 Å². The Morgan fingerprint density at radius 3 is 2.65 bits per heavy atom. The van der Waals surface area contributed by atoms with Crippen molar-refractivity contribution in [1.82, 2.24) is 14.9 Å². The van der Waals surface area contributed by atoms with E-state index in [0.717, 1.165) is 37.9 Å². The van der Waals surface area contributed by atoms with Gasteiger partial charge in [0, 0.05) is 45.1 Å². The Balaban J connectivity index is 1.66. The third-order valence-electron chi connectivity index (χ3n) is 4.98. The second-order valence-electron chi connectivity index (χ2n) is 7.33. The summed E-state index contributed by atoms with van der Waals surface area (Å²) in [6.07, 6.45) is 8.71. The molecule has 1 unspecified atom stereocenters. The largest absolute Gasteiger partial charge is 0.481 e. The first kappa shape index (κ1) is 16.2. The first-order chi connectivity index (χ1) is 11.0. The zero-order chi connectivity index (χ0) is 16.4. The maximum atomic E-state index is 11.9. The minimum Gasteiger partial charge on any atom is -0.481 e. The minimum atomic E-state index is -0.617. The van der Waals surface area contributed by atoms with Gasteiger partial charge in [-0.05, 0) is 31.7 Å². The SMILES string of the molecule is CN(C)c1ncc(CN2CCCC(CC3CC3)(C(=O)O)C2)cn1. The molecule has 0 aromatic carbocycles. The number of carboxylic acid groups (broad SMARTS) is 1. The molecular formula is C17H26N4O2. The van der Waals surface area contributed by atoms with Gasteiger partial charge in [0.15, 0.2) is 0 Å². The van der Waals surface area contributed by atoms with Gasteiger partial charge in [-0.3, -0.25) is 9.69 Å². The molecule has 0 bridgehead atoms. The Bertz CT molecular complexity index is 556. The number of nitrogens with zero attached hydrogens (tertiary/aromatic N) is 4. The quantitative estimate of drug-likeness (QED) is 0.865. The zero-order valence-electron chi connectivity index (χ0n) is 14.0. The van der Waals surface area contributed by atoms with Crippen LogP contribution in [0.5, 0.6) is 0 Å². The molecule has 1 atom stereocenters. The molecular weight excluding hydrogens is 292 g/mol. The van der Waals surface area contributed by atoms with Crippen LogP contribution in [0.2, 0.25) is 0 Å². The van der Waals surface area contributed by atoms with E-state index in [9.17, 15) is 9.90 Å². The van der Waals surface area contributed by atoms with Crippen LogP contribution in [0.4, 0.5) is 5.95 Å². The molecule has 23 heavy (non-hydrogen) atoms. The summed E-state index contributed by atoms with van der Waals surface area (Å²) in [5, 5.41) is 9.79. The highest BCUT2D eigenvalue weighted by molar-refractivity contribution is 5.75. The van der Waals surface area contributed by atoms with Crippen molar-refractivity contribution in [2.24, 2.45) is 11.3 Å². The standard InChI is InChI=1S/C17H26N4O2/c1-20(2)16-18-9-14(10-19-16)11-21-7-3-6-17(12-21,15(22)23)8-13-4-5-13/h9-10,13H,3-8,11-12H2,1-2H3,(H,22,23). The second-order valence-corrected chi connectivity index (χ2v) is 7.33. The lowest BCUT2D eigenvalue weighted by Crippen LogP contribution is -2.47. The van der Waals surface area contributed by atoms with E-state index < -0.39 is 11.4 Å². The maximum absolute atomic E-state index is 11.9. The monoisotopic (exact) mass is 318 g/mol. The Hall–Kier alpha value is -1.69. The Kier molecular flexibility index (Phi) is 4.53. The predicted molar refractivity (Wildman–Crippen MR) is 88.3 cm³/mol. The highest BCUT2D eigenvalue weighted by Crippen LogP contribution is 2.45. The van der Waals surface area contributed by atoms with Gasteiger partial charge in [-0.15, -0.1) is 0 Å². The third-order valence-corrected chi connectivity index (χ3v) is 4.98. The van der Waals surface area contributed by atoms with E-state index in [1.807, 2.05) is 31.4 Å². The number of carboxylic acids is 1. The van der Waals surface area contributed by atoms with Gasteiger partial charge >= 0.3 is 5.97 Å². The summed E-state index contributed by atoms with van der Waals surface area (Å²) in [5.41, 5.74) is 0.493. The summed E-state index contributed by atoms with van der Waals surface area (Å²) in [6, 6.07) is 0. The molecule has 2 heterocycles. The van der Waals surface area contributed by atoms with Crippen LogP contribution in [-0.2, 0) is 11.3 Å². The van der Waals surface area contributed by atoms with Gasteiger partial charge < -0.3 is 10.0 Å². The number of aliphatic carboxylic acids is 1. The molecule has 6 nitrogen and oxygen atoms in total. The average molecular weight is 318 g/mol. The van der Waals surface area contributed by atoms with Crippen molar-refractivity contribution in [2.45, 2.75) is 38.6 Å². The third kappa shape index (κ3) is 3.80. The maximum Gasteiger partial charge on any atom is 0.310 e. The van der Waals surface area contributed by atoms with E-state index >= 15 is 0 Å². The van der Waals surface area contributed by atoms with Gasteiger partial charge in [-0.2, -0.15) is 0 Å². The average Bonchev–Trinajstić information content (AvgIpc) is 3.32. The van der Waals surface area contributed by atoms with Crippen LogP contribution < -0.4 is 4.90 Å². The van der Waals surface area contributed by atoms with E-state index in [0.29, 0.717) is 18.4 Å². The summed E-state index contributed by atoms with van der Waals surface area (Å²) >= 11 is 0. The lowest BCUT2D eigenvalue weighted by atomic mass is 9.75.